The fourth-order valence-corrected chi connectivity index (χ4v) is 3.52. The second-order valence-electron chi connectivity index (χ2n) is 5.12. The van der Waals surface area contributed by atoms with Crippen LogP contribution in [0.2, 0.25) is 0 Å². The van der Waals surface area contributed by atoms with Gasteiger partial charge in [-0.25, -0.2) is 0 Å². The maximum absolute atomic E-state index is 12.2. The van der Waals surface area contributed by atoms with E-state index in [2.05, 4.69) is 31.4 Å². The van der Waals surface area contributed by atoms with Gasteiger partial charge in [0, 0.05) is 17.0 Å². The van der Waals surface area contributed by atoms with E-state index >= 15 is 0 Å². The highest BCUT2D eigenvalue weighted by atomic mass is 32.1. The van der Waals surface area contributed by atoms with Gasteiger partial charge in [-0.05, 0) is 51.3 Å². The summed E-state index contributed by atoms with van der Waals surface area (Å²) >= 11 is 1.63. The van der Waals surface area contributed by atoms with Gasteiger partial charge in [-0.2, -0.15) is 0 Å². The van der Waals surface area contributed by atoms with Gasteiger partial charge < -0.3 is 10.6 Å². The third-order valence-electron chi connectivity index (χ3n) is 3.52. The Bertz CT molecular complexity index is 427. The molecule has 2 heterocycles. The summed E-state index contributed by atoms with van der Waals surface area (Å²) in [5, 5.41) is 6.56. The molecule has 2 N–H and O–H groups in total. The van der Waals surface area contributed by atoms with Crippen LogP contribution in [0.15, 0.2) is 6.07 Å². The van der Waals surface area contributed by atoms with Crippen molar-refractivity contribution in [1.82, 2.24) is 10.6 Å². The maximum atomic E-state index is 12.2. The number of hydrogen-bond acceptors (Lipinski definition) is 3. The normalized spacial score (nSPS) is 23.9. The van der Waals surface area contributed by atoms with Gasteiger partial charge in [0.25, 0.3) is 5.91 Å². The molecule has 100 valence electrons. The minimum absolute atomic E-state index is 0.0990. The molecule has 1 saturated heterocycles. The van der Waals surface area contributed by atoms with Crippen LogP contribution in [-0.2, 0) is 6.42 Å². The molecule has 2 unspecified atom stereocenters. The minimum atomic E-state index is 0.0990. The predicted octanol–water partition coefficient (Wildman–Crippen LogP) is 2.49. The van der Waals surface area contributed by atoms with Crippen LogP contribution in [-0.4, -0.2) is 24.5 Å². The first-order chi connectivity index (χ1) is 8.60. The Morgan fingerprint density at radius 1 is 1.61 bits per heavy atom. The molecule has 0 saturated carbocycles. The number of aryl methyl sites for hydroxylation is 2. The first-order valence-corrected chi connectivity index (χ1v) is 7.55. The van der Waals surface area contributed by atoms with E-state index in [1.807, 2.05) is 6.07 Å². The molecule has 18 heavy (non-hydrogen) atoms. The predicted molar refractivity (Wildman–Crippen MR) is 76.4 cm³/mol. The lowest BCUT2D eigenvalue weighted by molar-refractivity contribution is 0.0930. The monoisotopic (exact) mass is 266 g/mol. The SMILES string of the molecule is CCc1sc(C(=O)NC2CCNC(C)C2)cc1C. The van der Waals surface area contributed by atoms with Crippen LogP contribution < -0.4 is 10.6 Å². The van der Waals surface area contributed by atoms with Gasteiger partial charge in [0.05, 0.1) is 4.88 Å². The van der Waals surface area contributed by atoms with Crippen molar-refractivity contribution < 1.29 is 4.79 Å². The highest BCUT2D eigenvalue weighted by Gasteiger charge is 2.21. The summed E-state index contributed by atoms with van der Waals surface area (Å²) in [4.78, 5) is 14.4. The lowest BCUT2D eigenvalue weighted by Crippen LogP contribution is -2.46. The van der Waals surface area contributed by atoms with Gasteiger partial charge in [0.2, 0.25) is 0 Å². The van der Waals surface area contributed by atoms with Crippen LogP contribution in [0.4, 0.5) is 0 Å². The summed E-state index contributed by atoms with van der Waals surface area (Å²) < 4.78 is 0. The molecule has 2 rings (SSSR count). The largest absolute Gasteiger partial charge is 0.349 e. The van der Waals surface area contributed by atoms with Gasteiger partial charge in [-0.3, -0.25) is 4.79 Å². The van der Waals surface area contributed by atoms with E-state index in [-0.39, 0.29) is 5.91 Å². The standard InChI is InChI=1S/C14H22N2OS/c1-4-12-9(2)7-13(18-12)14(17)16-11-5-6-15-10(3)8-11/h7,10-11,15H,4-6,8H2,1-3H3,(H,16,17). The van der Waals surface area contributed by atoms with E-state index in [0.717, 1.165) is 30.7 Å². The van der Waals surface area contributed by atoms with Gasteiger partial charge in [-0.15, -0.1) is 11.3 Å². The second kappa shape index (κ2) is 5.85. The highest BCUT2D eigenvalue weighted by Crippen LogP contribution is 2.22. The van der Waals surface area contributed by atoms with Crippen molar-refractivity contribution in [3.8, 4) is 0 Å². The summed E-state index contributed by atoms with van der Waals surface area (Å²) in [5.41, 5.74) is 1.24. The average Bonchev–Trinajstić information content (AvgIpc) is 2.70. The number of nitrogens with one attached hydrogen (secondary N) is 2. The zero-order valence-electron chi connectivity index (χ0n) is 11.4. The summed E-state index contributed by atoms with van der Waals surface area (Å²) in [7, 11) is 0. The van der Waals surface area contributed by atoms with Gasteiger partial charge in [0.15, 0.2) is 0 Å². The quantitative estimate of drug-likeness (QED) is 0.882. The maximum Gasteiger partial charge on any atom is 0.261 e. The third-order valence-corrected chi connectivity index (χ3v) is 4.90. The number of rotatable bonds is 3. The van der Waals surface area contributed by atoms with Crippen LogP contribution in [0.1, 0.15) is 46.8 Å². The van der Waals surface area contributed by atoms with Crippen molar-refractivity contribution in [3.63, 3.8) is 0 Å². The number of hydrogen-bond donors (Lipinski definition) is 2. The van der Waals surface area contributed by atoms with Crippen molar-refractivity contribution >= 4 is 17.2 Å². The van der Waals surface area contributed by atoms with Crippen molar-refractivity contribution in [2.45, 2.75) is 52.1 Å². The van der Waals surface area contributed by atoms with E-state index in [1.165, 1.54) is 10.4 Å². The Labute approximate surface area is 113 Å². The Morgan fingerprint density at radius 3 is 3.00 bits per heavy atom. The second-order valence-corrected chi connectivity index (χ2v) is 6.26. The number of piperidine rings is 1. The molecule has 1 aromatic heterocycles. The molecule has 0 spiro atoms. The molecule has 1 amide bonds. The van der Waals surface area contributed by atoms with Crippen LogP contribution in [0.25, 0.3) is 0 Å². The molecule has 1 aliphatic heterocycles. The zero-order chi connectivity index (χ0) is 13.1. The van der Waals surface area contributed by atoms with Gasteiger partial charge >= 0.3 is 0 Å². The smallest absolute Gasteiger partial charge is 0.261 e. The Morgan fingerprint density at radius 2 is 2.39 bits per heavy atom. The molecule has 1 aromatic rings. The van der Waals surface area contributed by atoms with Crippen molar-refractivity contribution in [1.29, 1.82) is 0 Å². The molecule has 1 fully saturated rings. The van der Waals surface area contributed by atoms with E-state index in [9.17, 15) is 4.79 Å². The minimum Gasteiger partial charge on any atom is -0.349 e. The van der Waals surface area contributed by atoms with Crippen LogP contribution in [0, 0.1) is 6.92 Å². The molecule has 0 bridgehead atoms. The van der Waals surface area contributed by atoms with E-state index in [1.54, 1.807) is 11.3 Å². The number of carbonyl (C=O) groups is 1. The fourth-order valence-electron chi connectivity index (χ4n) is 2.50. The molecule has 0 aliphatic carbocycles. The number of carbonyl (C=O) groups excluding carboxylic acids is 1. The summed E-state index contributed by atoms with van der Waals surface area (Å²) in [6.45, 7) is 7.38. The molecular weight excluding hydrogens is 244 g/mol. The lowest BCUT2D eigenvalue weighted by atomic mass is 10.0. The topological polar surface area (TPSA) is 41.1 Å². The number of thiophene rings is 1. The highest BCUT2D eigenvalue weighted by molar-refractivity contribution is 7.14. The van der Waals surface area contributed by atoms with E-state index < -0.39 is 0 Å². The summed E-state index contributed by atoms with van der Waals surface area (Å²) in [5.74, 6) is 0.0990. The molecule has 0 aromatic carbocycles. The Hall–Kier alpha value is -0.870. The molecule has 1 aliphatic rings. The van der Waals surface area contributed by atoms with Crippen LogP contribution in [0.5, 0.6) is 0 Å². The van der Waals surface area contributed by atoms with Crippen molar-refractivity contribution in [2.24, 2.45) is 0 Å². The van der Waals surface area contributed by atoms with Crippen LogP contribution in [0.3, 0.4) is 0 Å². The lowest BCUT2D eigenvalue weighted by Gasteiger charge is -2.28. The van der Waals surface area contributed by atoms with Crippen molar-refractivity contribution in [3.05, 3.63) is 21.4 Å². The molecule has 3 nitrogen and oxygen atoms in total. The molecule has 4 heteroatoms. The molecular formula is C14H22N2OS. The average molecular weight is 266 g/mol. The Balaban J connectivity index is 1.98. The molecule has 2 atom stereocenters. The van der Waals surface area contributed by atoms with Crippen molar-refractivity contribution in [2.75, 3.05) is 6.54 Å². The zero-order valence-corrected chi connectivity index (χ0v) is 12.2. The first kappa shape index (κ1) is 13.6. The molecule has 0 radical (unpaired) electrons. The van der Waals surface area contributed by atoms with Gasteiger partial charge in [0.1, 0.15) is 0 Å². The van der Waals surface area contributed by atoms with E-state index in [0.29, 0.717) is 12.1 Å². The van der Waals surface area contributed by atoms with Gasteiger partial charge in [-0.1, -0.05) is 6.92 Å². The van der Waals surface area contributed by atoms with Crippen LogP contribution >= 0.6 is 11.3 Å². The van der Waals surface area contributed by atoms with E-state index in [4.69, 9.17) is 0 Å². The summed E-state index contributed by atoms with van der Waals surface area (Å²) in [6.07, 6.45) is 3.06. The first-order valence-electron chi connectivity index (χ1n) is 6.73. The third kappa shape index (κ3) is 3.12. The number of amides is 1. The fraction of sp³-hybridized carbons (Fsp3) is 0.643. The Kier molecular flexibility index (Phi) is 4.40. The summed E-state index contributed by atoms with van der Waals surface area (Å²) in [6, 6.07) is 2.84.